The lowest BCUT2D eigenvalue weighted by atomic mass is 9.97. The zero-order valence-electron chi connectivity index (χ0n) is 13.1. The van der Waals surface area contributed by atoms with E-state index in [1.54, 1.807) is 38.5 Å². The van der Waals surface area contributed by atoms with Crippen molar-refractivity contribution < 1.29 is 18.6 Å². The van der Waals surface area contributed by atoms with Crippen LogP contribution in [0.2, 0.25) is 0 Å². The fourth-order valence-corrected chi connectivity index (χ4v) is 2.19. The lowest BCUT2D eigenvalue weighted by Gasteiger charge is -2.12. The molecule has 0 aliphatic carbocycles. The Kier molecular flexibility index (Phi) is 5.21. The first kappa shape index (κ1) is 16.4. The van der Waals surface area contributed by atoms with Crippen molar-refractivity contribution in [3.8, 4) is 23.3 Å². The predicted molar refractivity (Wildman–Crippen MR) is 85.2 cm³/mol. The van der Waals surface area contributed by atoms with Crippen LogP contribution in [-0.2, 0) is 0 Å². The molecule has 0 atom stereocenters. The van der Waals surface area contributed by atoms with Gasteiger partial charge in [-0.05, 0) is 41.0 Å². The van der Waals surface area contributed by atoms with Crippen LogP contribution in [0.3, 0.4) is 0 Å². The highest BCUT2D eigenvalue weighted by molar-refractivity contribution is 5.82. The number of methoxy groups -OCH3 is 3. The molecule has 0 fully saturated rings. The number of hydrogen-bond acceptors (Lipinski definition) is 4. The van der Waals surface area contributed by atoms with Gasteiger partial charge in [0.25, 0.3) is 0 Å². The van der Waals surface area contributed by atoms with Crippen LogP contribution in [0, 0.1) is 17.1 Å². The Morgan fingerprint density at radius 3 is 2.09 bits per heavy atom. The molecule has 0 saturated carbocycles. The third kappa shape index (κ3) is 3.61. The normalized spacial score (nSPS) is 10.8. The van der Waals surface area contributed by atoms with Gasteiger partial charge in [0.2, 0.25) is 0 Å². The molecule has 23 heavy (non-hydrogen) atoms. The molecule has 0 spiro atoms. The summed E-state index contributed by atoms with van der Waals surface area (Å²) in [6.07, 6.45) is 1.36. The Hall–Kier alpha value is -3.00. The molecule has 0 N–H and O–H groups in total. The Bertz CT molecular complexity index is 756. The Morgan fingerprint density at radius 2 is 1.61 bits per heavy atom. The van der Waals surface area contributed by atoms with Crippen LogP contribution in [0.4, 0.5) is 4.39 Å². The quantitative estimate of drug-likeness (QED) is 0.788. The van der Waals surface area contributed by atoms with Crippen LogP contribution >= 0.6 is 0 Å². The van der Waals surface area contributed by atoms with Gasteiger partial charge in [0.15, 0.2) is 11.6 Å². The van der Waals surface area contributed by atoms with Crippen molar-refractivity contribution in [2.24, 2.45) is 0 Å². The van der Waals surface area contributed by atoms with Crippen molar-refractivity contribution in [1.82, 2.24) is 0 Å². The van der Waals surface area contributed by atoms with E-state index in [0.29, 0.717) is 28.2 Å². The highest BCUT2D eigenvalue weighted by Gasteiger charge is 2.12. The third-order valence-electron chi connectivity index (χ3n) is 3.33. The number of ether oxygens (including phenoxy) is 3. The summed E-state index contributed by atoms with van der Waals surface area (Å²) in [6.45, 7) is 0. The summed E-state index contributed by atoms with van der Waals surface area (Å²) < 4.78 is 29.4. The maximum absolute atomic E-state index is 14.0. The van der Waals surface area contributed by atoms with E-state index in [4.69, 9.17) is 19.5 Å². The first-order valence-corrected chi connectivity index (χ1v) is 6.80. The lowest BCUT2D eigenvalue weighted by Crippen LogP contribution is -1.95. The lowest BCUT2D eigenvalue weighted by molar-refractivity contribution is 0.386. The zero-order chi connectivity index (χ0) is 16.8. The minimum atomic E-state index is -0.497. The molecule has 2 rings (SSSR count). The molecule has 0 saturated heterocycles. The van der Waals surface area contributed by atoms with Crippen molar-refractivity contribution in [3.05, 3.63) is 59.4 Å². The van der Waals surface area contributed by atoms with E-state index in [0.717, 1.165) is 0 Å². The summed E-state index contributed by atoms with van der Waals surface area (Å²) in [4.78, 5) is 0. The van der Waals surface area contributed by atoms with E-state index in [2.05, 4.69) is 0 Å². The predicted octanol–water partition coefficient (Wildman–Crippen LogP) is 3.81. The SMILES string of the molecule is COc1cc(OC)cc(C(=CC#N)c2ccc(OC)c(F)c2)c1. The van der Waals surface area contributed by atoms with Crippen molar-refractivity contribution in [1.29, 1.82) is 5.26 Å². The average molecular weight is 313 g/mol. The summed E-state index contributed by atoms with van der Waals surface area (Å²) >= 11 is 0. The van der Waals surface area contributed by atoms with Crippen LogP contribution in [0.1, 0.15) is 11.1 Å². The molecule has 0 aliphatic rings. The molecule has 118 valence electrons. The van der Waals surface area contributed by atoms with Crippen molar-refractivity contribution >= 4 is 5.57 Å². The highest BCUT2D eigenvalue weighted by Crippen LogP contribution is 2.32. The van der Waals surface area contributed by atoms with Crippen molar-refractivity contribution in [3.63, 3.8) is 0 Å². The molecular formula is C18H16FNO3. The average Bonchev–Trinajstić information content (AvgIpc) is 2.59. The van der Waals surface area contributed by atoms with Gasteiger partial charge in [0, 0.05) is 12.1 Å². The molecule has 2 aromatic carbocycles. The molecule has 0 aromatic heterocycles. The van der Waals surface area contributed by atoms with E-state index < -0.39 is 5.82 Å². The van der Waals surface area contributed by atoms with Gasteiger partial charge in [-0.15, -0.1) is 0 Å². The molecule has 0 unspecified atom stereocenters. The molecule has 0 bridgehead atoms. The second kappa shape index (κ2) is 7.32. The first-order chi connectivity index (χ1) is 11.1. The fourth-order valence-electron chi connectivity index (χ4n) is 2.19. The minimum absolute atomic E-state index is 0.147. The number of allylic oxidation sites excluding steroid dienone is 1. The zero-order valence-corrected chi connectivity index (χ0v) is 13.1. The number of benzene rings is 2. The second-order valence-corrected chi connectivity index (χ2v) is 4.64. The topological polar surface area (TPSA) is 51.5 Å². The summed E-state index contributed by atoms with van der Waals surface area (Å²) in [5.74, 6) is 0.811. The van der Waals surface area contributed by atoms with Crippen LogP contribution in [0.15, 0.2) is 42.5 Å². The van der Waals surface area contributed by atoms with Gasteiger partial charge in [-0.1, -0.05) is 6.07 Å². The van der Waals surface area contributed by atoms with Gasteiger partial charge in [0.1, 0.15) is 11.5 Å². The van der Waals surface area contributed by atoms with E-state index >= 15 is 0 Å². The smallest absolute Gasteiger partial charge is 0.165 e. The Balaban J connectivity index is 2.58. The largest absolute Gasteiger partial charge is 0.497 e. The molecule has 0 heterocycles. The van der Waals surface area contributed by atoms with E-state index in [-0.39, 0.29) is 5.75 Å². The highest BCUT2D eigenvalue weighted by atomic mass is 19.1. The van der Waals surface area contributed by atoms with E-state index in [1.165, 1.54) is 25.3 Å². The van der Waals surface area contributed by atoms with E-state index in [1.807, 2.05) is 6.07 Å². The van der Waals surface area contributed by atoms with Crippen LogP contribution in [0.25, 0.3) is 5.57 Å². The van der Waals surface area contributed by atoms with E-state index in [9.17, 15) is 4.39 Å². The monoisotopic (exact) mass is 313 g/mol. The van der Waals surface area contributed by atoms with Crippen LogP contribution in [-0.4, -0.2) is 21.3 Å². The van der Waals surface area contributed by atoms with Gasteiger partial charge < -0.3 is 14.2 Å². The van der Waals surface area contributed by atoms with Gasteiger partial charge in [-0.3, -0.25) is 0 Å². The molecule has 2 aromatic rings. The fraction of sp³-hybridized carbons (Fsp3) is 0.167. The molecule has 0 aliphatic heterocycles. The summed E-state index contributed by atoms with van der Waals surface area (Å²) in [5.41, 5.74) is 1.80. The molecular weight excluding hydrogens is 297 g/mol. The Morgan fingerprint density at radius 1 is 0.957 bits per heavy atom. The maximum atomic E-state index is 14.0. The van der Waals surface area contributed by atoms with Gasteiger partial charge in [-0.25, -0.2) is 4.39 Å². The van der Waals surface area contributed by atoms with Crippen LogP contribution < -0.4 is 14.2 Å². The van der Waals surface area contributed by atoms with Crippen molar-refractivity contribution in [2.75, 3.05) is 21.3 Å². The number of hydrogen-bond donors (Lipinski definition) is 0. The Labute approximate surface area is 134 Å². The van der Waals surface area contributed by atoms with Gasteiger partial charge >= 0.3 is 0 Å². The number of rotatable bonds is 5. The molecule has 0 radical (unpaired) electrons. The number of nitrogens with zero attached hydrogens (tertiary/aromatic N) is 1. The van der Waals surface area contributed by atoms with Crippen molar-refractivity contribution in [2.45, 2.75) is 0 Å². The summed E-state index contributed by atoms with van der Waals surface area (Å²) in [7, 11) is 4.48. The third-order valence-corrected chi connectivity index (χ3v) is 3.33. The summed E-state index contributed by atoms with van der Waals surface area (Å²) in [5, 5.41) is 9.08. The molecule has 5 heteroatoms. The standard InChI is InChI=1S/C18H16FNO3/c1-21-14-8-13(9-15(11-14)22-2)16(6-7-20)12-4-5-18(23-3)17(19)10-12/h4-6,8-11H,1-3H3. The first-order valence-electron chi connectivity index (χ1n) is 6.80. The number of halogens is 1. The maximum Gasteiger partial charge on any atom is 0.165 e. The second-order valence-electron chi connectivity index (χ2n) is 4.64. The summed E-state index contributed by atoms with van der Waals surface area (Å²) in [6, 6.07) is 11.8. The molecule has 4 nitrogen and oxygen atoms in total. The van der Waals surface area contributed by atoms with Crippen LogP contribution in [0.5, 0.6) is 17.2 Å². The van der Waals surface area contributed by atoms with Gasteiger partial charge in [-0.2, -0.15) is 5.26 Å². The molecule has 0 amide bonds. The van der Waals surface area contributed by atoms with Gasteiger partial charge in [0.05, 0.1) is 27.4 Å². The minimum Gasteiger partial charge on any atom is -0.497 e. The number of nitriles is 1.